The number of carbonyl (C=O) groups is 2. The Morgan fingerprint density at radius 2 is 2.00 bits per heavy atom. The Hall–Kier alpha value is -3.79. The van der Waals surface area contributed by atoms with Crippen LogP contribution in [0.4, 0.5) is 5.82 Å². The zero-order valence-corrected chi connectivity index (χ0v) is 18.7. The predicted molar refractivity (Wildman–Crippen MR) is 125 cm³/mol. The first-order chi connectivity index (χ1) is 16.5. The SMILES string of the molecule is CC(=O)c1c(C2C[C@H]3CC[C@H](C2)N3C(=O)CO)nc2c(-c3ccc4nc[nH]c4c3)cnn2c1N. The van der Waals surface area contributed by atoms with Crippen LogP contribution in [0.2, 0.25) is 0 Å². The number of imidazole rings is 1. The van der Waals surface area contributed by atoms with E-state index in [4.69, 9.17) is 10.7 Å². The minimum absolute atomic E-state index is 0.00993. The van der Waals surface area contributed by atoms with Gasteiger partial charge < -0.3 is 20.7 Å². The van der Waals surface area contributed by atoms with Gasteiger partial charge in [-0.15, -0.1) is 0 Å². The smallest absolute Gasteiger partial charge is 0.248 e. The van der Waals surface area contributed by atoms with Crippen LogP contribution in [0.1, 0.15) is 54.6 Å². The summed E-state index contributed by atoms with van der Waals surface area (Å²) in [4.78, 5) is 39.2. The number of hydrogen-bond acceptors (Lipinski definition) is 7. The monoisotopic (exact) mass is 459 g/mol. The van der Waals surface area contributed by atoms with Crippen molar-refractivity contribution in [2.75, 3.05) is 12.3 Å². The Bertz CT molecular complexity index is 1440. The number of H-pyrrole nitrogens is 1. The number of aromatic nitrogens is 5. The molecule has 2 aliphatic rings. The van der Waals surface area contributed by atoms with Crippen molar-refractivity contribution in [3.8, 4) is 11.1 Å². The number of Topliss-reactive ketones (excluding diaryl/α,β-unsaturated/α-hetero) is 1. The molecule has 0 unspecified atom stereocenters. The number of aliphatic hydroxyl groups excluding tert-OH is 1. The molecule has 0 radical (unpaired) electrons. The van der Waals surface area contributed by atoms with Crippen molar-refractivity contribution in [1.29, 1.82) is 0 Å². The first kappa shape index (κ1) is 20.8. The van der Waals surface area contributed by atoms with Crippen molar-refractivity contribution in [1.82, 2.24) is 29.5 Å². The van der Waals surface area contributed by atoms with Crippen LogP contribution in [-0.4, -0.2) is 65.0 Å². The maximum absolute atomic E-state index is 12.7. The number of nitrogens with two attached hydrogens (primary N) is 1. The standard InChI is InChI=1S/C24H25N7O3/c1-12(33)21-22(14-6-15-3-4-16(7-14)30(15)20(34)10-32)29-24-17(9-28-31(24)23(21)25)13-2-5-18-19(8-13)27-11-26-18/h2,5,8-9,11,14-16,32H,3-4,6-7,10,25H2,1H3,(H,26,27)/t15-,16-/m1/s1. The first-order valence-electron chi connectivity index (χ1n) is 11.5. The molecule has 5 heterocycles. The van der Waals surface area contributed by atoms with Gasteiger partial charge in [0.2, 0.25) is 5.91 Å². The maximum Gasteiger partial charge on any atom is 0.248 e. The molecule has 4 N–H and O–H groups in total. The lowest BCUT2D eigenvalue weighted by Gasteiger charge is -2.39. The van der Waals surface area contributed by atoms with E-state index >= 15 is 0 Å². The van der Waals surface area contributed by atoms with Crippen LogP contribution in [0.15, 0.2) is 30.7 Å². The lowest BCUT2D eigenvalue weighted by Crippen LogP contribution is -2.47. The van der Waals surface area contributed by atoms with Crippen LogP contribution in [-0.2, 0) is 4.79 Å². The van der Waals surface area contributed by atoms with E-state index < -0.39 is 6.61 Å². The zero-order valence-electron chi connectivity index (χ0n) is 18.7. The minimum Gasteiger partial charge on any atom is -0.387 e. The number of aromatic amines is 1. The third kappa shape index (κ3) is 3.02. The van der Waals surface area contributed by atoms with E-state index in [1.807, 2.05) is 23.1 Å². The van der Waals surface area contributed by atoms with Crippen molar-refractivity contribution in [2.45, 2.75) is 50.6 Å². The number of nitrogen functional groups attached to an aromatic ring is 1. The van der Waals surface area contributed by atoms with Gasteiger partial charge in [-0.3, -0.25) is 9.59 Å². The largest absolute Gasteiger partial charge is 0.387 e. The van der Waals surface area contributed by atoms with Gasteiger partial charge in [0.05, 0.1) is 34.8 Å². The van der Waals surface area contributed by atoms with Gasteiger partial charge in [0, 0.05) is 23.6 Å². The molecule has 174 valence electrons. The Balaban J connectivity index is 1.47. The summed E-state index contributed by atoms with van der Waals surface area (Å²) in [6.45, 7) is 1.02. The summed E-state index contributed by atoms with van der Waals surface area (Å²) in [5.41, 5.74) is 11.7. The van der Waals surface area contributed by atoms with E-state index in [1.165, 1.54) is 11.4 Å². The fraction of sp³-hybridized carbons (Fsp3) is 0.375. The molecule has 3 aromatic heterocycles. The molecule has 1 aromatic carbocycles. The Kier molecular flexibility index (Phi) is 4.66. The number of ketones is 1. The number of nitrogens with one attached hydrogen (secondary N) is 1. The second kappa shape index (κ2) is 7.63. The normalized spacial score (nSPS) is 22.1. The summed E-state index contributed by atoms with van der Waals surface area (Å²) in [6, 6.07) is 5.97. The molecule has 2 bridgehead atoms. The van der Waals surface area contributed by atoms with Crippen LogP contribution >= 0.6 is 0 Å². The van der Waals surface area contributed by atoms with Crippen molar-refractivity contribution < 1.29 is 14.7 Å². The number of benzene rings is 1. The highest BCUT2D eigenvalue weighted by molar-refractivity contribution is 6.00. The van der Waals surface area contributed by atoms with Gasteiger partial charge >= 0.3 is 0 Å². The average Bonchev–Trinajstić information content (AvgIpc) is 3.53. The lowest BCUT2D eigenvalue weighted by molar-refractivity contribution is -0.138. The number of carbonyl (C=O) groups excluding carboxylic acids is 2. The topological polar surface area (TPSA) is 142 Å². The van der Waals surface area contributed by atoms with Gasteiger partial charge in [-0.25, -0.2) is 9.97 Å². The van der Waals surface area contributed by atoms with E-state index in [2.05, 4.69) is 15.1 Å². The third-order valence-corrected chi connectivity index (χ3v) is 7.34. The second-order valence-electron chi connectivity index (χ2n) is 9.25. The molecule has 4 aromatic rings. The lowest BCUT2D eigenvalue weighted by atomic mass is 9.85. The van der Waals surface area contributed by atoms with Crippen molar-refractivity contribution in [3.05, 3.63) is 42.0 Å². The minimum atomic E-state index is -0.479. The number of hydrogen-bond donors (Lipinski definition) is 3. The summed E-state index contributed by atoms with van der Waals surface area (Å²) in [7, 11) is 0. The van der Waals surface area contributed by atoms with E-state index in [1.54, 1.807) is 12.5 Å². The molecule has 0 aliphatic carbocycles. The van der Waals surface area contributed by atoms with Crippen LogP contribution in [0.5, 0.6) is 0 Å². The summed E-state index contributed by atoms with van der Waals surface area (Å²) in [6.07, 6.45) is 6.53. The molecule has 2 saturated heterocycles. The fourth-order valence-corrected chi connectivity index (χ4v) is 5.89. The van der Waals surface area contributed by atoms with Gasteiger partial charge in [0.1, 0.15) is 12.4 Å². The molecular formula is C24H25N7O3. The number of anilines is 1. The molecule has 2 atom stereocenters. The second-order valence-corrected chi connectivity index (χ2v) is 9.25. The molecule has 2 aliphatic heterocycles. The first-order valence-corrected chi connectivity index (χ1v) is 11.5. The molecule has 0 spiro atoms. The van der Waals surface area contributed by atoms with Gasteiger partial charge in [0.25, 0.3) is 0 Å². The molecule has 0 saturated carbocycles. The van der Waals surface area contributed by atoms with E-state index in [9.17, 15) is 14.7 Å². The zero-order chi connectivity index (χ0) is 23.6. The molecule has 2 fully saturated rings. The molecule has 6 rings (SSSR count). The van der Waals surface area contributed by atoms with Crippen molar-refractivity contribution in [3.63, 3.8) is 0 Å². The molecule has 10 nitrogen and oxygen atoms in total. The highest BCUT2D eigenvalue weighted by atomic mass is 16.3. The van der Waals surface area contributed by atoms with Crippen molar-refractivity contribution >= 4 is 34.2 Å². The highest BCUT2D eigenvalue weighted by Gasteiger charge is 2.44. The average molecular weight is 460 g/mol. The highest BCUT2D eigenvalue weighted by Crippen LogP contribution is 2.44. The van der Waals surface area contributed by atoms with E-state index in [-0.39, 0.29) is 35.5 Å². The predicted octanol–water partition coefficient (Wildman–Crippen LogP) is 2.29. The third-order valence-electron chi connectivity index (χ3n) is 7.34. The molecule has 1 amide bonds. The quantitative estimate of drug-likeness (QED) is 0.397. The van der Waals surface area contributed by atoms with Crippen LogP contribution < -0.4 is 5.73 Å². The molecule has 34 heavy (non-hydrogen) atoms. The Morgan fingerprint density at radius 3 is 2.71 bits per heavy atom. The van der Waals surface area contributed by atoms with Crippen LogP contribution in [0, 0.1) is 0 Å². The van der Waals surface area contributed by atoms with Crippen LogP contribution in [0.25, 0.3) is 27.8 Å². The number of piperidine rings is 1. The van der Waals surface area contributed by atoms with Crippen LogP contribution in [0.3, 0.4) is 0 Å². The number of nitrogens with zero attached hydrogens (tertiary/aromatic N) is 5. The fourth-order valence-electron chi connectivity index (χ4n) is 5.89. The number of fused-ring (bicyclic) bond motifs is 4. The summed E-state index contributed by atoms with van der Waals surface area (Å²) >= 11 is 0. The number of aliphatic hydroxyl groups is 1. The van der Waals surface area contributed by atoms with E-state index in [0.717, 1.165) is 35.0 Å². The maximum atomic E-state index is 12.7. The summed E-state index contributed by atoms with van der Waals surface area (Å²) in [5, 5.41) is 13.8. The summed E-state index contributed by atoms with van der Waals surface area (Å²) < 4.78 is 1.53. The molecular weight excluding hydrogens is 434 g/mol. The number of rotatable bonds is 4. The van der Waals surface area contributed by atoms with Gasteiger partial charge in [-0.2, -0.15) is 9.61 Å². The van der Waals surface area contributed by atoms with Gasteiger partial charge in [-0.05, 0) is 50.3 Å². The Labute approximate surface area is 194 Å². The molecule has 10 heteroatoms. The van der Waals surface area contributed by atoms with Crippen molar-refractivity contribution in [2.24, 2.45) is 0 Å². The Morgan fingerprint density at radius 1 is 1.24 bits per heavy atom. The van der Waals surface area contributed by atoms with E-state index in [0.29, 0.717) is 29.7 Å². The van der Waals surface area contributed by atoms with Gasteiger partial charge in [0.15, 0.2) is 11.4 Å². The number of amides is 1. The summed E-state index contributed by atoms with van der Waals surface area (Å²) in [5.74, 6) is -0.112. The van der Waals surface area contributed by atoms with Gasteiger partial charge in [-0.1, -0.05) is 6.07 Å².